The first-order chi connectivity index (χ1) is 8.97. The minimum absolute atomic E-state index is 0.00778. The standard InChI is InChI=1S/C15H13F2NO/c1-18(2)14-5-3-4-10(8-14)15(19)11-6-12(16)9-13(17)7-11/h3-9H,1-2H3. The molecule has 0 aliphatic carbocycles. The first-order valence-corrected chi connectivity index (χ1v) is 5.75. The van der Waals surface area contributed by atoms with Crippen LogP contribution in [0.5, 0.6) is 0 Å². The van der Waals surface area contributed by atoms with E-state index in [1.54, 1.807) is 18.2 Å². The van der Waals surface area contributed by atoms with Gasteiger partial charge in [0.1, 0.15) is 11.6 Å². The number of hydrogen-bond acceptors (Lipinski definition) is 2. The third-order valence-corrected chi connectivity index (χ3v) is 2.75. The van der Waals surface area contributed by atoms with E-state index in [-0.39, 0.29) is 5.56 Å². The molecule has 0 aliphatic rings. The molecule has 0 heterocycles. The van der Waals surface area contributed by atoms with Crippen LogP contribution in [-0.4, -0.2) is 19.9 Å². The maximum Gasteiger partial charge on any atom is 0.193 e. The third kappa shape index (κ3) is 2.96. The van der Waals surface area contributed by atoms with Gasteiger partial charge in [-0.1, -0.05) is 12.1 Å². The lowest BCUT2D eigenvalue weighted by atomic mass is 10.0. The van der Waals surface area contributed by atoms with Crippen LogP contribution in [0.4, 0.5) is 14.5 Å². The van der Waals surface area contributed by atoms with Gasteiger partial charge in [0.25, 0.3) is 0 Å². The van der Waals surface area contributed by atoms with Gasteiger partial charge in [-0.15, -0.1) is 0 Å². The Labute approximate surface area is 110 Å². The van der Waals surface area contributed by atoms with Crippen molar-refractivity contribution >= 4 is 11.5 Å². The molecule has 19 heavy (non-hydrogen) atoms. The minimum Gasteiger partial charge on any atom is -0.378 e. The fraction of sp³-hybridized carbons (Fsp3) is 0.133. The number of nitrogens with zero attached hydrogens (tertiary/aromatic N) is 1. The second-order valence-electron chi connectivity index (χ2n) is 4.43. The zero-order valence-corrected chi connectivity index (χ0v) is 10.7. The Bertz CT molecular complexity index is 603. The highest BCUT2D eigenvalue weighted by molar-refractivity contribution is 6.09. The van der Waals surface area contributed by atoms with Gasteiger partial charge in [0.05, 0.1) is 0 Å². The van der Waals surface area contributed by atoms with Crippen LogP contribution in [0.3, 0.4) is 0 Å². The van der Waals surface area contributed by atoms with Crippen molar-refractivity contribution in [1.82, 2.24) is 0 Å². The summed E-state index contributed by atoms with van der Waals surface area (Å²) in [4.78, 5) is 14.0. The van der Waals surface area contributed by atoms with Gasteiger partial charge >= 0.3 is 0 Å². The molecule has 2 nitrogen and oxygen atoms in total. The fourth-order valence-corrected chi connectivity index (χ4v) is 1.78. The zero-order chi connectivity index (χ0) is 14.0. The molecule has 0 atom stereocenters. The van der Waals surface area contributed by atoms with Gasteiger partial charge < -0.3 is 4.90 Å². The Hall–Kier alpha value is -2.23. The van der Waals surface area contributed by atoms with Crippen molar-refractivity contribution in [1.29, 1.82) is 0 Å². The monoisotopic (exact) mass is 261 g/mol. The van der Waals surface area contributed by atoms with E-state index in [0.29, 0.717) is 5.56 Å². The summed E-state index contributed by atoms with van der Waals surface area (Å²) in [6.45, 7) is 0. The maximum atomic E-state index is 13.1. The van der Waals surface area contributed by atoms with E-state index in [1.807, 2.05) is 25.1 Å². The topological polar surface area (TPSA) is 20.3 Å². The van der Waals surface area contributed by atoms with Gasteiger partial charge in [-0.3, -0.25) is 4.79 Å². The number of hydrogen-bond donors (Lipinski definition) is 0. The van der Waals surface area contributed by atoms with E-state index in [4.69, 9.17) is 0 Å². The number of carbonyl (C=O) groups excluding carboxylic acids is 1. The number of anilines is 1. The van der Waals surface area contributed by atoms with Gasteiger partial charge in [0.15, 0.2) is 5.78 Å². The van der Waals surface area contributed by atoms with Gasteiger partial charge in [0, 0.05) is 37.0 Å². The second-order valence-corrected chi connectivity index (χ2v) is 4.43. The van der Waals surface area contributed by atoms with E-state index in [1.165, 1.54) is 0 Å². The summed E-state index contributed by atoms with van der Waals surface area (Å²) in [5.74, 6) is -1.92. The smallest absolute Gasteiger partial charge is 0.193 e. The predicted octanol–water partition coefficient (Wildman–Crippen LogP) is 3.26. The summed E-state index contributed by atoms with van der Waals surface area (Å²) in [5.41, 5.74) is 1.26. The Morgan fingerprint density at radius 1 is 0.947 bits per heavy atom. The van der Waals surface area contributed by atoms with Crippen LogP contribution in [0.25, 0.3) is 0 Å². The minimum atomic E-state index is -0.757. The lowest BCUT2D eigenvalue weighted by Crippen LogP contribution is -2.10. The van der Waals surface area contributed by atoms with Crippen molar-refractivity contribution in [2.24, 2.45) is 0 Å². The lowest BCUT2D eigenvalue weighted by Gasteiger charge is -2.13. The average molecular weight is 261 g/mol. The Kier molecular flexibility index (Phi) is 3.60. The van der Waals surface area contributed by atoms with Gasteiger partial charge in [-0.25, -0.2) is 8.78 Å². The van der Waals surface area contributed by atoms with Crippen LogP contribution in [0, 0.1) is 11.6 Å². The zero-order valence-electron chi connectivity index (χ0n) is 10.7. The first-order valence-electron chi connectivity index (χ1n) is 5.75. The third-order valence-electron chi connectivity index (χ3n) is 2.75. The fourth-order valence-electron chi connectivity index (χ4n) is 1.78. The van der Waals surface area contributed by atoms with Crippen LogP contribution in [0.15, 0.2) is 42.5 Å². The SMILES string of the molecule is CN(C)c1cccc(C(=O)c2cc(F)cc(F)c2)c1. The van der Waals surface area contributed by atoms with E-state index in [9.17, 15) is 13.6 Å². The van der Waals surface area contributed by atoms with Crippen LogP contribution < -0.4 is 4.90 Å². The second kappa shape index (κ2) is 5.18. The molecule has 0 unspecified atom stereocenters. The van der Waals surface area contributed by atoms with Gasteiger partial charge in [0.2, 0.25) is 0 Å². The van der Waals surface area contributed by atoms with E-state index in [2.05, 4.69) is 0 Å². The van der Waals surface area contributed by atoms with Crippen molar-refractivity contribution in [2.45, 2.75) is 0 Å². The summed E-state index contributed by atoms with van der Waals surface area (Å²) in [5, 5.41) is 0. The molecule has 2 rings (SSSR count). The largest absolute Gasteiger partial charge is 0.378 e. The molecule has 98 valence electrons. The highest BCUT2D eigenvalue weighted by Crippen LogP contribution is 2.18. The number of rotatable bonds is 3. The normalized spacial score (nSPS) is 10.3. The maximum absolute atomic E-state index is 13.1. The number of ketones is 1. The van der Waals surface area contributed by atoms with E-state index in [0.717, 1.165) is 23.9 Å². The first kappa shape index (κ1) is 13.2. The molecule has 0 aliphatic heterocycles. The molecular weight excluding hydrogens is 248 g/mol. The molecule has 0 spiro atoms. The molecule has 0 radical (unpaired) electrons. The van der Waals surface area contributed by atoms with Crippen molar-refractivity contribution in [2.75, 3.05) is 19.0 Å². The summed E-state index contributed by atoms with van der Waals surface area (Å²) in [6, 6.07) is 9.71. The number of carbonyl (C=O) groups is 1. The van der Waals surface area contributed by atoms with Crippen molar-refractivity contribution < 1.29 is 13.6 Å². The Balaban J connectivity index is 2.41. The quantitative estimate of drug-likeness (QED) is 0.790. The van der Waals surface area contributed by atoms with Crippen LogP contribution in [-0.2, 0) is 0 Å². The van der Waals surface area contributed by atoms with Crippen molar-refractivity contribution in [3.05, 3.63) is 65.2 Å². The van der Waals surface area contributed by atoms with E-state index < -0.39 is 17.4 Å². The van der Waals surface area contributed by atoms with Crippen molar-refractivity contribution in [3.63, 3.8) is 0 Å². The summed E-state index contributed by atoms with van der Waals surface area (Å²) < 4.78 is 26.2. The summed E-state index contributed by atoms with van der Waals surface area (Å²) in [6.07, 6.45) is 0. The highest BCUT2D eigenvalue weighted by Gasteiger charge is 2.12. The van der Waals surface area contributed by atoms with Crippen LogP contribution in [0.2, 0.25) is 0 Å². The summed E-state index contributed by atoms with van der Waals surface area (Å²) in [7, 11) is 3.71. The summed E-state index contributed by atoms with van der Waals surface area (Å²) >= 11 is 0. The predicted molar refractivity (Wildman–Crippen MR) is 70.6 cm³/mol. The molecule has 0 saturated heterocycles. The van der Waals surface area contributed by atoms with Gasteiger partial charge in [-0.2, -0.15) is 0 Å². The highest BCUT2D eigenvalue weighted by atomic mass is 19.1. The average Bonchev–Trinajstić information content (AvgIpc) is 2.37. The van der Waals surface area contributed by atoms with E-state index >= 15 is 0 Å². The molecule has 2 aromatic carbocycles. The number of halogens is 2. The molecule has 2 aromatic rings. The molecule has 0 amide bonds. The van der Waals surface area contributed by atoms with Crippen molar-refractivity contribution in [3.8, 4) is 0 Å². The van der Waals surface area contributed by atoms with Gasteiger partial charge in [-0.05, 0) is 24.3 Å². The molecular formula is C15H13F2NO. The molecule has 4 heteroatoms. The molecule has 0 aromatic heterocycles. The molecule has 0 saturated carbocycles. The molecule has 0 bridgehead atoms. The Morgan fingerprint density at radius 3 is 2.16 bits per heavy atom. The lowest BCUT2D eigenvalue weighted by molar-refractivity contribution is 0.103. The molecule has 0 fully saturated rings. The number of benzene rings is 2. The van der Waals surface area contributed by atoms with Crippen LogP contribution >= 0.6 is 0 Å². The van der Waals surface area contributed by atoms with Crippen LogP contribution in [0.1, 0.15) is 15.9 Å². The Morgan fingerprint density at radius 2 is 1.58 bits per heavy atom. The molecule has 0 N–H and O–H groups in total.